The number of hydrogen-bond acceptors (Lipinski definition) is 3. The Hall–Kier alpha value is -0.910. The van der Waals surface area contributed by atoms with E-state index in [9.17, 15) is 8.42 Å². The van der Waals surface area contributed by atoms with Gasteiger partial charge in [0.25, 0.3) is 0 Å². The van der Waals surface area contributed by atoms with Crippen LogP contribution in [0.5, 0.6) is 0 Å². The van der Waals surface area contributed by atoms with Crippen LogP contribution in [0.15, 0.2) is 29.2 Å². The molecule has 2 rings (SSSR count). The fourth-order valence-corrected chi connectivity index (χ4v) is 4.12. The second-order valence-electron chi connectivity index (χ2n) is 5.04. The van der Waals surface area contributed by atoms with Crippen LogP contribution in [0.3, 0.4) is 0 Å². The minimum atomic E-state index is -3.46. The van der Waals surface area contributed by atoms with Gasteiger partial charge in [-0.2, -0.15) is 4.31 Å². The van der Waals surface area contributed by atoms with Crippen molar-refractivity contribution in [2.45, 2.75) is 37.8 Å². The van der Waals surface area contributed by atoms with Crippen molar-refractivity contribution < 1.29 is 8.42 Å². The van der Waals surface area contributed by atoms with Crippen molar-refractivity contribution in [1.82, 2.24) is 4.31 Å². The monoisotopic (exact) mass is 268 g/mol. The van der Waals surface area contributed by atoms with E-state index < -0.39 is 16.2 Å². The Labute approximate surface area is 109 Å². The summed E-state index contributed by atoms with van der Waals surface area (Å²) >= 11 is 0. The van der Waals surface area contributed by atoms with E-state index >= 15 is 0 Å². The molecule has 2 atom stereocenters. The Morgan fingerprint density at radius 1 is 1.39 bits per heavy atom. The van der Waals surface area contributed by atoms with E-state index in [2.05, 4.69) is 0 Å². The number of aryl methyl sites for hydroxylation is 1. The molecule has 18 heavy (non-hydrogen) atoms. The van der Waals surface area contributed by atoms with Crippen LogP contribution in [-0.4, -0.2) is 25.4 Å². The highest BCUT2D eigenvalue weighted by Gasteiger charge is 2.34. The number of nitrogens with zero attached hydrogens (tertiary/aromatic N) is 1. The highest BCUT2D eigenvalue weighted by molar-refractivity contribution is 7.89. The quantitative estimate of drug-likeness (QED) is 0.888. The summed E-state index contributed by atoms with van der Waals surface area (Å²) in [5.74, 6) is 0.207. The van der Waals surface area contributed by atoms with E-state index in [1.807, 2.05) is 19.9 Å². The Morgan fingerprint density at radius 3 is 2.78 bits per heavy atom. The number of hydrogen-bond donors (Lipinski definition) is 1. The van der Waals surface area contributed by atoms with Crippen molar-refractivity contribution in [2.24, 2.45) is 11.7 Å². The second kappa shape index (κ2) is 4.99. The minimum Gasteiger partial charge on any atom is -0.315 e. The van der Waals surface area contributed by atoms with Crippen LogP contribution in [0.2, 0.25) is 0 Å². The Bertz CT molecular complexity index is 528. The van der Waals surface area contributed by atoms with Crippen molar-refractivity contribution in [1.29, 1.82) is 0 Å². The maximum atomic E-state index is 12.5. The van der Waals surface area contributed by atoms with Gasteiger partial charge >= 0.3 is 0 Å². The van der Waals surface area contributed by atoms with Gasteiger partial charge in [-0.3, -0.25) is 0 Å². The summed E-state index contributed by atoms with van der Waals surface area (Å²) in [6.45, 7) is 4.40. The summed E-state index contributed by atoms with van der Waals surface area (Å²) in [5.41, 5.74) is 6.97. The van der Waals surface area contributed by atoms with Gasteiger partial charge in [0.1, 0.15) is 0 Å². The number of benzene rings is 1. The summed E-state index contributed by atoms with van der Waals surface area (Å²) in [5, 5.41) is 0. The van der Waals surface area contributed by atoms with Gasteiger partial charge in [-0.1, -0.05) is 19.1 Å². The molecule has 0 saturated carbocycles. The highest BCUT2D eigenvalue weighted by atomic mass is 32.2. The van der Waals surface area contributed by atoms with Crippen molar-refractivity contribution >= 4 is 10.0 Å². The largest absolute Gasteiger partial charge is 0.315 e. The molecular formula is C13H20N2O2S. The van der Waals surface area contributed by atoms with E-state index in [4.69, 9.17) is 5.73 Å². The summed E-state index contributed by atoms with van der Waals surface area (Å²) < 4.78 is 26.5. The zero-order valence-electron chi connectivity index (χ0n) is 10.8. The molecule has 1 aliphatic rings. The van der Waals surface area contributed by atoms with E-state index in [-0.39, 0.29) is 5.92 Å². The fourth-order valence-electron chi connectivity index (χ4n) is 2.36. The molecule has 2 unspecified atom stereocenters. The van der Waals surface area contributed by atoms with Gasteiger partial charge in [-0.05, 0) is 43.4 Å². The molecule has 5 heteroatoms. The molecule has 0 radical (unpaired) electrons. The minimum absolute atomic E-state index is 0.207. The predicted molar refractivity (Wildman–Crippen MR) is 71.4 cm³/mol. The summed E-state index contributed by atoms with van der Waals surface area (Å²) in [6.07, 6.45) is 1.45. The van der Waals surface area contributed by atoms with Gasteiger partial charge in [0.15, 0.2) is 0 Å². The van der Waals surface area contributed by atoms with Crippen molar-refractivity contribution in [3.63, 3.8) is 0 Å². The molecule has 1 aromatic carbocycles. The van der Waals surface area contributed by atoms with Gasteiger partial charge < -0.3 is 5.73 Å². The molecule has 4 nitrogen and oxygen atoms in total. The third kappa shape index (κ3) is 2.43. The molecule has 0 bridgehead atoms. The molecule has 100 valence electrons. The molecule has 1 heterocycles. The van der Waals surface area contributed by atoms with Crippen LogP contribution in [0, 0.1) is 12.8 Å². The maximum absolute atomic E-state index is 12.5. The smallest absolute Gasteiger partial charge is 0.244 e. The molecule has 1 aliphatic heterocycles. The SMILES string of the molecule is Cc1cccc(S(=O)(=O)N2CCCC(C)C2N)c1. The lowest BCUT2D eigenvalue weighted by Crippen LogP contribution is -2.52. The van der Waals surface area contributed by atoms with Crippen molar-refractivity contribution in [2.75, 3.05) is 6.54 Å². The number of nitrogens with two attached hydrogens (primary N) is 1. The Kier molecular flexibility index (Phi) is 3.75. The average molecular weight is 268 g/mol. The lowest BCUT2D eigenvalue weighted by Gasteiger charge is -2.36. The lowest BCUT2D eigenvalue weighted by molar-refractivity contribution is 0.192. The van der Waals surface area contributed by atoms with Gasteiger partial charge in [0, 0.05) is 6.54 Å². The van der Waals surface area contributed by atoms with Gasteiger partial charge in [-0.15, -0.1) is 0 Å². The molecule has 0 aliphatic carbocycles. The van der Waals surface area contributed by atoms with Crippen LogP contribution < -0.4 is 5.73 Å². The zero-order valence-corrected chi connectivity index (χ0v) is 11.7. The average Bonchev–Trinajstić information content (AvgIpc) is 2.32. The predicted octanol–water partition coefficient (Wildman–Crippen LogP) is 1.70. The number of piperidine rings is 1. The third-order valence-corrected chi connectivity index (χ3v) is 5.44. The van der Waals surface area contributed by atoms with Crippen molar-refractivity contribution in [3.8, 4) is 0 Å². The number of sulfonamides is 1. The molecule has 2 N–H and O–H groups in total. The Balaban J connectivity index is 2.36. The van der Waals surface area contributed by atoms with E-state index in [1.54, 1.807) is 18.2 Å². The maximum Gasteiger partial charge on any atom is 0.244 e. The first-order valence-corrected chi connectivity index (χ1v) is 7.71. The van der Waals surface area contributed by atoms with Crippen LogP contribution in [0.25, 0.3) is 0 Å². The molecule has 1 saturated heterocycles. The Morgan fingerprint density at radius 2 is 2.11 bits per heavy atom. The molecule has 1 fully saturated rings. The highest BCUT2D eigenvalue weighted by Crippen LogP contribution is 2.26. The van der Waals surface area contributed by atoms with Gasteiger partial charge in [0.05, 0.1) is 11.1 Å². The standard InChI is InChI=1S/C13H20N2O2S/c1-10-5-3-7-12(9-10)18(16,17)15-8-4-6-11(2)13(15)14/h3,5,7,9,11,13H,4,6,8,14H2,1-2H3. The molecule has 1 aromatic rings. The van der Waals surface area contributed by atoms with Gasteiger partial charge in [0.2, 0.25) is 10.0 Å². The lowest BCUT2D eigenvalue weighted by atomic mass is 9.99. The van der Waals surface area contributed by atoms with Crippen LogP contribution in [-0.2, 0) is 10.0 Å². The molecular weight excluding hydrogens is 248 g/mol. The molecule has 0 spiro atoms. The topological polar surface area (TPSA) is 63.4 Å². The molecule has 0 amide bonds. The normalized spacial score (nSPS) is 26.2. The van der Waals surface area contributed by atoms with E-state index in [0.717, 1.165) is 18.4 Å². The molecule has 0 aromatic heterocycles. The second-order valence-corrected chi connectivity index (χ2v) is 6.93. The van der Waals surface area contributed by atoms with Crippen LogP contribution in [0.4, 0.5) is 0 Å². The van der Waals surface area contributed by atoms with E-state index in [1.165, 1.54) is 4.31 Å². The van der Waals surface area contributed by atoms with Crippen molar-refractivity contribution in [3.05, 3.63) is 29.8 Å². The zero-order chi connectivity index (χ0) is 13.3. The summed E-state index contributed by atoms with van der Waals surface area (Å²) in [7, 11) is -3.46. The van der Waals surface area contributed by atoms with Crippen LogP contribution >= 0.6 is 0 Å². The third-order valence-electron chi connectivity index (χ3n) is 3.55. The van der Waals surface area contributed by atoms with Gasteiger partial charge in [-0.25, -0.2) is 8.42 Å². The first-order chi connectivity index (χ1) is 8.43. The summed E-state index contributed by atoms with van der Waals surface area (Å²) in [6, 6.07) is 6.98. The summed E-state index contributed by atoms with van der Waals surface area (Å²) in [4.78, 5) is 0.340. The first-order valence-electron chi connectivity index (χ1n) is 6.27. The van der Waals surface area contributed by atoms with E-state index in [0.29, 0.717) is 11.4 Å². The first kappa shape index (κ1) is 13.5. The van der Waals surface area contributed by atoms with Crippen LogP contribution in [0.1, 0.15) is 25.3 Å². The number of rotatable bonds is 2. The fraction of sp³-hybridized carbons (Fsp3) is 0.538.